The van der Waals surface area contributed by atoms with Gasteiger partial charge in [-0.1, -0.05) is 26.2 Å². The largest absolute Gasteiger partial charge is 0.341 e. The number of hydrogen-bond acceptors (Lipinski definition) is 3. The second-order valence-electron chi connectivity index (χ2n) is 6.12. The van der Waals surface area contributed by atoms with Gasteiger partial charge in [-0.15, -0.1) is 0 Å². The summed E-state index contributed by atoms with van der Waals surface area (Å²) in [6.07, 6.45) is 6.23. The summed E-state index contributed by atoms with van der Waals surface area (Å²) < 4.78 is 23.6. The molecule has 0 aliphatic heterocycles. The SMILES string of the molecule is CCS(=O)(=O)c1ccc(C(=O)N(C)CC2CCCCC2)cc1. The van der Waals surface area contributed by atoms with E-state index in [0.717, 1.165) is 6.54 Å². The second-order valence-corrected chi connectivity index (χ2v) is 8.40. The van der Waals surface area contributed by atoms with E-state index >= 15 is 0 Å². The van der Waals surface area contributed by atoms with Gasteiger partial charge in [0.1, 0.15) is 0 Å². The second kappa shape index (κ2) is 7.27. The molecule has 1 saturated carbocycles. The number of sulfone groups is 1. The van der Waals surface area contributed by atoms with Crippen molar-refractivity contribution in [2.75, 3.05) is 19.3 Å². The van der Waals surface area contributed by atoms with Gasteiger partial charge in [-0.2, -0.15) is 0 Å². The van der Waals surface area contributed by atoms with Crippen molar-refractivity contribution in [3.05, 3.63) is 29.8 Å². The number of carbonyl (C=O) groups is 1. The van der Waals surface area contributed by atoms with E-state index in [2.05, 4.69) is 0 Å². The van der Waals surface area contributed by atoms with Crippen LogP contribution in [-0.4, -0.2) is 38.6 Å². The fraction of sp³-hybridized carbons (Fsp3) is 0.588. The van der Waals surface area contributed by atoms with Crippen LogP contribution in [0, 0.1) is 5.92 Å². The van der Waals surface area contributed by atoms with E-state index in [4.69, 9.17) is 0 Å². The Morgan fingerprint density at radius 2 is 1.73 bits per heavy atom. The number of amides is 1. The molecule has 22 heavy (non-hydrogen) atoms. The van der Waals surface area contributed by atoms with Crippen LogP contribution in [0.1, 0.15) is 49.4 Å². The standard InChI is InChI=1S/C17H25NO3S/c1-3-22(20,21)16-11-9-15(10-12-16)17(19)18(2)13-14-7-5-4-6-8-14/h9-12,14H,3-8,13H2,1-2H3. The highest BCUT2D eigenvalue weighted by Crippen LogP contribution is 2.24. The predicted molar refractivity (Wildman–Crippen MR) is 87.7 cm³/mol. The molecule has 2 rings (SSSR count). The van der Waals surface area contributed by atoms with Crippen LogP contribution in [0.15, 0.2) is 29.2 Å². The number of benzene rings is 1. The highest BCUT2D eigenvalue weighted by atomic mass is 32.2. The average molecular weight is 323 g/mol. The van der Waals surface area contributed by atoms with Crippen molar-refractivity contribution in [3.8, 4) is 0 Å². The molecule has 1 fully saturated rings. The topological polar surface area (TPSA) is 54.5 Å². The minimum atomic E-state index is -3.21. The summed E-state index contributed by atoms with van der Waals surface area (Å²) in [6.45, 7) is 2.40. The van der Waals surface area contributed by atoms with Gasteiger partial charge in [0, 0.05) is 19.2 Å². The predicted octanol–water partition coefficient (Wildman–Crippen LogP) is 3.13. The summed E-state index contributed by atoms with van der Waals surface area (Å²) in [4.78, 5) is 14.5. The zero-order valence-corrected chi connectivity index (χ0v) is 14.2. The van der Waals surface area contributed by atoms with Crippen LogP contribution in [0.4, 0.5) is 0 Å². The van der Waals surface area contributed by atoms with Crippen LogP contribution in [0.5, 0.6) is 0 Å². The molecule has 0 saturated heterocycles. The molecule has 0 atom stereocenters. The van der Waals surface area contributed by atoms with Crippen molar-refractivity contribution < 1.29 is 13.2 Å². The Kier molecular flexibility index (Phi) is 5.62. The Labute approximate surface area is 133 Å². The number of hydrogen-bond donors (Lipinski definition) is 0. The lowest BCUT2D eigenvalue weighted by Crippen LogP contribution is -2.32. The molecule has 1 aliphatic carbocycles. The summed E-state index contributed by atoms with van der Waals surface area (Å²) in [6, 6.07) is 6.28. The zero-order valence-electron chi connectivity index (χ0n) is 13.4. The first-order chi connectivity index (χ1) is 10.4. The fourth-order valence-corrected chi connectivity index (χ4v) is 3.92. The third kappa shape index (κ3) is 4.09. The van der Waals surface area contributed by atoms with E-state index in [9.17, 15) is 13.2 Å². The van der Waals surface area contributed by atoms with Crippen LogP contribution in [0.2, 0.25) is 0 Å². The van der Waals surface area contributed by atoms with Crippen LogP contribution in [0.3, 0.4) is 0 Å². The number of nitrogens with zero attached hydrogens (tertiary/aromatic N) is 1. The van der Waals surface area contributed by atoms with Crippen molar-refractivity contribution in [1.82, 2.24) is 4.90 Å². The van der Waals surface area contributed by atoms with E-state index in [1.165, 1.54) is 44.2 Å². The van der Waals surface area contributed by atoms with E-state index in [1.54, 1.807) is 24.0 Å². The summed E-state index contributed by atoms with van der Waals surface area (Å²) in [5, 5.41) is 0. The minimum absolute atomic E-state index is 0.0361. The zero-order chi connectivity index (χ0) is 16.2. The molecule has 0 unspecified atom stereocenters. The molecule has 0 spiro atoms. The van der Waals surface area contributed by atoms with Crippen molar-refractivity contribution in [3.63, 3.8) is 0 Å². The maximum Gasteiger partial charge on any atom is 0.253 e. The molecule has 1 aromatic carbocycles. The smallest absolute Gasteiger partial charge is 0.253 e. The molecule has 0 aromatic heterocycles. The van der Waals surface area contributed by atoms with Crippen LogP contribution >= 0.6 is 0 Å². The van der Waals surface area contributed by atoms with E-state index in [0.29, 0.717) is 11.5 Å². The summed E-state index contributed by atoms with van der Waals surface area (Å²) in [5.41, 5.74) is 0.549. The Morgan fingerprint density at radius 3 is 2.27 bits per heavy atom. The van der Waals surface area contributed by atoms with E-state index in [1.807, 2.05) is 7.05 Å². The Balaban J connectivity index is 2.02. The molecule has 1 aliphatic rings. The maximum atomic E-state index is 12.4. The fourth-order valence-electron chi connectivity index (χ4n) is 3.03. The third-order valence-corrected chi connectivity index (χ3v) is 6.19. The van der Waals surface area contributed by atoms with Crippen molar-refractivity contribution in [2.24, 2.45) is 5.92 Å². The third-order valence-electron chi connectivity index (χ3n) is 4.44. The van der Waals surface area contributed by atoms with Crippen molar-refractivity contribution >= 4 is 15.7 Å². The van der Waals surface area contributed by atoms with Gasteiger partial charge in [0.25, 0.3) is 5.91 Å². The van der Waals surface area contributed by atoms with Gasteiger partial charge in [0.2, 0.25) is 0 Å². The van der Waals surface area contributed by atoms with Crippen molar-refractivity contribution in [2.45, 2.75) is 43.9 Å². The van der Waals surface area contributed by atoms with E-state index in [-0.39, 0.29) is 16.6 Å². The Bertz CT molecular complexity index is 601. The normalized spacial score (nSPS) is 16.5. The maximum absolute atomic E-state index is 12.4. The van der Waals surface area contributed by atoms with Gasteiger partial charge in [0.15, 0.2) is 9.84 Å². The summed E-state index contributed by atoms with van der Waals surface area (Å²) >= 11 is 0. The molecule has 0 bridgehead atoms. The molecule has 122 valence electrons. The molecule has 5 heteroatoms. The number of rotatable bonds is 5. The highest BCUT2D eigenvalue weighted by Gasteiger charge is 2.20. The van der Waals surface area contributed by atoms with Gasteiger partial charge in [-0.3, -0.25) is 4.79 Å². The molecule has 4 nitrogen and oxygen atoms in total. The molecular weight excluding hydrogens is 298 g/mol. The molecule has 0 heterocycles. The molecule has 0 N–H and O–H groups in total. The quantitative estimate of drug-likeness (QED) is 0.836. The molecule has 1 aromatic rings. The Morgan fingerprint density at radius 1 is 1.14 bits per heavy atom. The van der Waals surface area contributed by atoms with Gasteiger partial charge >= 0.3 is 0 Å². The number of carbonyl (C=O) groups excluding carboxylic acids is 1. The van der Waals surface area contributed by atoms with Crippen LogP contribution < -0.4 is 0 Å². The van der Waals surface area contributed by atoms with Gasteiger partial charge in [0.05, 0.1) is 10.6 Å². The average Bonchev–Trinajstić information content (AvgIpc) is 2.55. The molecule has 0 radical (unpaired) electrons. The van der Waals surface area contributed by atoms with Gasteiger partial charge in [-0.25, -0.2) is 8.42 Å². The first kappa shape index (κ1) is 17.0. The van der Waals surface area contributed by atoms with Crippen LogP contribution in [-0.2, 0) is 9.84 Å². The van der Waals surface area contributed by atoms with Gasteiger partial charge < -0.3 is 4.90 Å². The van der Waals surface area contributed by atoms with E-state index < -0.39 is 9.84 Å². The van der Waals surface area contributed by atoms with Gasteiger partial charge in [-0.05, 0) is 43.0 Å². The first-order valence-corrected chi connectivity index (χ1v) is 9.67. The Hall–Kier alpha value is -1.36. The lowest BCUT2D eigenvalue weighted by Gasteiger charge is -2.27. The lowest BCUT2D eigenvalue weighted by molar-refractivity contribution is 0.0760. The minimum Gasteiger partial charge on any atom is -0.341 e. The van der Waals surface area contributed by atoms with Crippen LogP contribution in [0.25, 0.3) is 0 Å². The van der Waals surface area contributed by atoms with Crippen molar-refractivity contribution in [1.29, 1.82) is 0 Å². The summed E-state index contributed by atoms with van der Waals surface area (Å²) in [5.74, 6) is 0.635. The lowest BCUT2D eigenvalue weighted by atomic mass is 9.89. The first-order valence-electron chi connectivity index (χ1n) is 8.02. The molecule has 1 amide bonds. The highest BCUT2D eigenvalue weighted by molar-refractivity contribution is 7.91. The monoisotopic (exact) mass is 323 g/mol. The molecular formula is C17H25NO3S. The summed E-state index contributed by atoms with van der Waals surface area (Å²) in [7, 11) is -1.38.